The zero-order valence-electron chi connectivity index (χ0n) is 15.2. The minimum absolute atomic E-state index is 0.0478. The molecule has 132 valence electrons. The Morgan fingerprint density at radius 3 is 2.42 bits per heavy atom. The van der Waals surface area contributed by atoms with Gasteiger partial charge in [0.25, 0.3) is 5.91 Å². The molecule has 2 rings (SSSR count). The van der Waals surface area contributed by atoms with Crippen molar-refractivity contribution in [2.24, 2.45) is 0 Å². The van der Waals surface area contributed by atoms with E-state index in [-0.39, 0.29) is 29.9 Å². The predicted molar refractivity (Wildman–Crippen MR) is 95.4 cm³/mol. The van der Waals surface area contributed by atoms with Gasteiger partial charge in [0.15, 0.2) is 6.10 Å². The number of fused-ring (bicyclic) bond motifs is 1. The summed E-state index contributed by atoms with van der Waals surface area (Å²) in [6.07, 6.45) is -0.498. The number of carbonyl (C=O) groups excluding carboxylic acids is 2. The first-order valence-electron chi connectivity index (χ1n) is 8.41. The Balaban J connectivity index is 2.12. The number of rotatable bonds is 5. The number of ether oxygens (including phenoxy) is 1. The maximum Gasteiger partial charge on any atom is 0.265 e. The Bertz CT molecular complexity index is 620. The molecule has 1 aromatic rings. The molecule has 0 bridgehead atoms. The van der Waals surface area contributed by atoms with E-state index in [0.717, 1.165) is 5.69 Å². The average Bonchev–Trinajstić information content (AvgIpc) is 2.47. The van der Waals surface area contributed by atoms with Crippen LogP contribution in [0.15, 0.2) is 18.2 Å². The molecular weight excluding hydrogens is 306 g/mol. The summed E-state index contributed by atoms with van der Waals surface area (Å²) < 4.78 is 5.54. The molecule has 2 amide bonds. The van der Waals surface area contributed by atoms with Gasteiger partial charge >= 0.3 is 0 Å². The fourth-order valence-corrected chi connectivity index (χ4v) is 2.94. The lowest BCUT2D eigenvalue weighted by Crippen LogP contribution is -2.48. The number of anilines is 2. The molecule has 0 unspecified atom stereocenters. The summed E-state index contributed by atoms with van der Waals surface area (Å²) in [5, 5.41) is 6.02. The standard InChI is InChI=1S/C18H27N3O3/c1-10(2)21(11(3)4)18(23)12(5)19-14-7-8-16-15(9-14)20-17(22)13(6)24-16/h7-13,19H,1-6H3,(H,20,22)/t12-,13+/m0/s1. The topological polar surface area (TPSA) is 70.7 Å². The first kappa shape index (κ1) is 18.1. The minimum Gasteiger partial charge on any atom is -0.479 e. The van der Waals surface area contributed by atoms with E-state index in [0.29, 0.717) is 11.4 Å². The second-order valence-corrected chi connectivity index (χ2v) is 6.76. The fourth-order valence-electron chi connectivity index (χ4n) is 2.94. The molecule has 0 saturated carbocycles. The zero-order chi connectivity index (χ0) is 18.0. The van der Waals surface area contributed by atoms with Crippen molar-refractivity contribution in [3.63, 3.8) is 0 Å². The third-order valence-corrected chi connectivity index (χ3v) is 4.03. The quantitative estimate of drug-likeness (QED) is 0.869. The predicted octanol–water partition coefficient (Wildman–Crippen LogP) is 2.85. The van der Waals surface area contributed by atoms with Crippen molar-refractivity contribution in [1.82, 2.24) is 4.90 Å². The second kappa shape index (κ2) is 7.11. The van der Waals surface area contributed by atoms with E-state index in [1.807, 2.05) is 45.6 Å². The summed E-state index contributed by atoms with van der Waals surface area (Å²) in [6, 6.07) is 5.35. The highest BCUT2D eigenvalue weighted by Gasteiger charge is 2.26. The van der Waals surface area contributed by atoms with Gasteiger partial charge in [-0.25, -0.2) is 0 Å². The van der Waals surface area contributed by atoms with Crippen LogP contribution in [0.4, 0.5) is 11.4 Å². The summed E-state index contributed by atoms with van der Waals surface area (Å²) in [7, 11) is 0. The van der Waals surface area contributed by atoms with E-state index in [1.54, 1.807) is 19.1 Å². The number of nitrogens with zero attached hydrogens (tertiary/aromatic N) is 1. The fraction of sp³-hybridized carbons (Fsp3) is 0.556. The van der Waals surface area contributed by atoms with Crippen molar-refractivity contribution in [2.45, 2.75) is 65.8 Å². The van der Waals surface area contributed by atoms with Crippen molar-refractivity contribution in [2.75, 3.05) is 10.6 Å². The van der Waals surface area contributed by atoms with Crippen molar-refractivity contribution in [3.8, 4) is 5.75 Å². The molecule has 1 heterocycles. The number of nitrogens with one attached hydrogen (secondary N) is 2. The summed E-state index contributed by atoms with van der Waals surface area (Å²) in [4.78, 5) is 26.3. The van der Waals surface area contributed by atoms with Gasteiger partial charge in [-0.05, 0) is 59.7 Å². The Morgan fingerprint density at radius 2 is 1.83 bits per heavy atom. The normalized spacial score (nSPS) is 17.8. The van der Waals surface area contributed by atoms with Crippen LogP contribution in [-0.2, 0) is 9.59 Å². The lowest BCUT2D eigenvalue weighted by molar-refractivity contribution is -0.135. The first-order chi connectivity index (χ1) is 11.2. The van der Waals surface area contributed by atoms with Crippen LogP contribution in [-0.4, -0.2) is 40.9 Å². The van der Waals surface area contributed by atoms with Crippen LogP contribution < -0.4 is 15.4 Å². The van der Waals surface area contributed by atoms with E-state index in [2.05, 4.69) is 10.6 Å². The maximum absolute atomic E-state index is 12.7. The summed E-state index contributed by atoms with van der Waals surface area (Å²) in [5.74, 6) is 0.513. The third kappa shape index (κ3) is 3.80. The molecule has 0 radical (unpaired) electrons. The van der Waals surface area contributed by atoms with Crippen LogP contribution in [0.1, 0.15) is 41.5 Å². The first-order valence-corrected chi connectivity index (χ1v) is 8.41. The Labute approximate surface area is 143 Å². The van der Waals surface area contributed by atoms with E-state index >= 15 is 0 Å². The van der Waals surface area contributed by atoms with Gasteiger partial charge in [0.2, 0.25) is 5.91 Å². The van der Waals surface area contributed by atoms with Gasteiger partial charge in [-0.15, -0.1) is 0 Å². The molecule has 1 aliphatic heterocycles. The Kier molecular flexibility index (Phi) is 5.36. The van der Waals surface area contributed by atoms with Gasteiger partial charge in [0.05, 0.1) is 5.69 Å². The lowest BCUT2D eigenvalue weighted by atomic mass is 10.1. The van der Waals surface area contributed by atoms with Gasteiger partial charge in [-0.3, -0.25) is 9.59 Å². The van der Waals surface area contributed by atoms with Gasteiger partial charge in [-0.2, -0.15) is 0 Å². The van der Waals surface area contributed by atoms with Crippen molar-refractivity contribution in [1.29, 1.82) is 0 Å². The number of benzene rings is 1. The molecule has 0 saturated heterocycles. The molecule has 0 aromatic heterocycles. The van der Waals surface area contributed by atoms with Crippen LogP contribution in [0.25, 0.3) is 0 Å². The van der Waals surface area contributed by atoms with E-state index in [1.165, 1.54) is 0 Å². The SMILES string of the molecule is CC(C)N(C(=O)[C@H](C)Nc1ccc2c(c1)NC(=O)[C@@H](C)O2)C(C)C. The van der Waals surface area contributed by atoms with Crippen LogP contribution >= 0.6 is 0 Å². The molecule has 24 heavy (non-hydrogen) atoms. The number of hydrogen-bond acceptors (Lipinski definition) is 4. The molecule has 2 N–H and O–H groups in total. The average molecular weight is 333 g/mol. The molecular formula is C18H27N3O3. The zero-order valence-corrected chi connectivity index (χ0v) is 15.2. The van der Waals surface area contributed by atoms with Gasteiger partial charge in [0.1, 0.15) is 11.8 Å². The minimum atomic E-state index is -0.498. The van der Waals surface area contributed by atoms with Gasteiger partial charge < -0.3 is 20.3 Å². The lowest BCUT2D eigenvalue weighted by Gasteiger charge is -2.33. The van der Waals surface area contributed by atoms with Crippen molar-refractivity contribution < 1.29 is 14.3 Å². The van der Waals surface area contributed by atoms with Crippen LogP contribution in [0.2, 0.25) is 0 Å². The van der Waals surface area contributed by atoms with E-state index < -0.39 is 6.10 Å². The van der Waals surface area contributed by atoms with E-state index in [4.69, 9.17) is 4.74 Å². The molecule has 2 atom stereocenters. The molecule has 1 aliphatic rings. The molecule has 0 aliphatic carbocycles. The molecule has 6 heteroatoms. The molecule has 0 spiro atoms. The number of hydrogen-bond donors (Lipinski definition) is 2. The Hall–Kier alpha value is -2.24. The summed E-state index contributed by atoms with van der Waals surface area (Å²) >= 11 is 0. The van der Waals surface area contributed by atoms with Gasteiger partial charge in [-0.1, -0.05) is 0 Å². The molecule has 6 nitrogen and oxygen atoms in total. The highest BCUT2D eigenvalue weighted by Crippen LogP contribution is 2.32. The number of amides is 2. The maximum atomic E-state index is 12.7. The molecule has 0 fully saturated rings. The highest BCUT2D eigenvalue weighted by molar-refractivity contribution is 5.98. The second-order valence-electron chi connectivity index (χ2n) is 6.76. The van der Waals surface area contributed by atoms with Crippen LogP contribution in [0.5, 0.6) is 5.75 Å². The van der Waals surface area contributed by atoms with Crippen LogP contribution in [0.3, 0.4) is 0 Å². The van der Waals surface area contributed by atoms with E-state index in [9.17, 15) is 9.59 Å². The Morgan fingerprint density at radius 1 is 1.21 bits per heavy atom. The van der Waals surface area contributed by atoms with Crippen LogP contribution in [0, 0.1) is 0 Å². The highest BCUT2D eigenvalue weighted by atomic mass is 16.5. The summed E-state index contributed by atoms with van der Waals surface area (Å²) in [5.41, 5.74) is 1.38. The van der Waals surface area contributed by atoms with Crippen molar-refractivity contribution in [3.05, 3.63) is 18.2 Å². The third-order valence-electron chi connectivity index (χ3n) is 4.03. The number of carbonyl (C=O) groups is 2. The summed E-state index contributed by atoms with van der Waals surface area (Å²) in [6.45, 7) is 11.6. The van der Waals surface area contributed by atoms with Gasteiger partial charge in [0, 0.05) is 17.8 Å². The smallest absolute Gasteiger partial charge is 0.265 e. The molecule has 1 aromatic carbocycles. The largest absolute Gasteiger partial charge is 0.479 e. The monoisotopic (exact) mass is 333 g/mol. The van der Waals surface area contributed by atoms with Crippen molar-refractivity contribution >= 4 is 23.2 Å².